The Morgan fingerprint density at radius 1 is 1.19 bits per heavy atom. The molecule has 0 N–H and O–H groups in total. The second-order valence-electron chi connectivity index (χ2n) is 6.21. The van der Waals surface area contributed by atoms with E-state index in [-0.39, 0.29) is 11.7 Å². The Kier molecular flexibility index (Phi) is 6.88. The lowest BCUT2D eigenvalue weighted by Crippen LogP contribution is -2.48. The number of carbonyl (C=O) groups is 1. The molecule has 1 fully saturated rings. The van der Waals surface area contributed by atoms with Crippen LogP contribution in [0.1, 0.15) is 11.3 Å². The summed E-state index contributed by atoms with van der Waals surface area (Å²) in [6.45, 7) is 3.69. The monoisotopic (exact) mass is 393 g/mol. The van der Waals surface area contributed by atoms with Crippen LogP contribution in [0, 0.1) is 5.82 Å². The topological polar surface area (TPSA) is 36.4 Å². The highest BCUT2D eigenvalue weighted by atomic mass is 35.5. The first-order valence-corrected chi connectivity index (χ1v) is 10.1. The summed E-state index contributed by atoms with van der Waals surface area (Å²) in [6, 6.07) is 10.3. The number of carbonyl (C=O) groups excluding carboxylic acids is 1. The van der Waals surface area contributed by atoms with Crippen LogP contribution in [0.15, 0.2) is 42.6 Å². The van der Waals surface area contributed by atoms with Crippen molar-refractivity contribution < 1.29 is 9.18 Å². The standard InChI is InChI=1S/C19H21ClFN3OS/c20-18-11-16(21)5-4-15(18)12-23-7-9-24(10-8-23)19(25)14-26-13-17-3-1-2-6-22-17/h1-6,11H,7-10,12-14H2. The maximum Gasteiger partial charge on any atom is 0.232 e. The van der Waals surface area contributed by atoms with E-state index in [1.807, 2.05) is 23.1 Å². The molecule has 0 atom stereocenters. The molecular weight excluding hydrogens is 373 g/mol. The number of halogens is 2. The molecule has 2 aromatic rings. The van der Waals surface area contributed by atoms with Crippen LogP contribution in [0.25, 0.3) is 0 Å². The summed E-state index contributed by atoms with van der Waals surface area (Å²) in [6.07, 6.45) is 1.77. The average molecular weight is 394 g/mol. The van der Waals surface area contributed by atoms with Crippen LogP contribution in [-0.2, 0) is 17.1 Å². The second-order valence-corrected chi connectivity index (χ2v) is 7.60. The van der Waals surface area contributed by atoms with E-state index in [9.17, 15) is 9.18 Å². The number of hydrogen-bond acceptors (Lipinski definition) is 4. The first-order valence-electron chi connectivity index (χ1n) is 8.53. The van der Waals surface area contributed by atoms with E-state index < -0.39 is 0 Å². The summed E-state index contributed by atoms with van der Waals surface area (Å²) in [4.78, 5) is 20.8. The van der Waals surface area contributed by atoms with Crippen molar-refractivity contribution >= 4 is 29.3 Å². The maximum atomic E-state index is 13.1. The Hall–Kier alpha value is -1.63. The number of rotatable bonds is 6. The minimum absolute atomic E-state index is 0.172. The second kappa shape index (κ2) is 9.35. The van der Waals surface area contributed by atoms with Crippen LogP contribution in [0.5, 0.6) is 0 Å². The lowest BCUT2D eigenvalue weighted by molar-refractivity contribution is -0.130. The Morgan fingerprint density at radius 2 is 2.00 bits per heavy atom. The molecule has 0 bridgehead atoms. The number of pyridine rings is 1. The van der Waals surface area contributed by atoms with Crippen molar-refractivity contribution in [3.8, 4) is 0 Å². The molecule has 0 aliphatic carbocycles. The molecule has 1 aliphatic rings. The van der Waals surface area contributed by atoms with Gasteiger partial charge in [-0.25, -0.2) is 4.39 Å². The Bertz CT molecular complexity index is 739. The number of nitrogens with zero attached hydrogens (tertiary/aromatic N) is 3. The van der Waals surface area contributed by atoms with Gasteiger partial charge in [-0.1, -0.05) is 23.7 Å². The fraction of sp³-hybridized carbons (Fsp3) is 0.368. The van der Waals surface area contributed by atoms with Crippen molar-refractivity contribution in [1.29, 1.82) is 0 Å². The minimum atomic E-state index is -0.322. The molecule has 4 nitrogen and oxygen atoms in total. The Balaban J connectivity index is 1.40. The number of hydrogen-bond donors (Lipinski definition) is 0. The first kappa shape index (κ1) is 19.1. The van der Waals surface area contributed by atoms with E-state index in [2.05, 4.69) is 9.88 Å². The minimum Gasteiger partial charge on any atom is -0.339 e. The van der Waals surface area contributed by atoms with Crippen LogP contribution < -0.4 is 0 Å². The average Bonchev–Trinajstić information content (AvgIpc) is 2.65. The SMILES string of the molecule is O=C(CSCc1ccccn1)N1CCN(Cc2ccc(F)cc2Cl)CC1. The zero-order valence-electron chi connectivity index (χ0n) is 14.4. The maximum absolute atomic E-state index is 13.1. The van der Waals surface area contributed by atoms with Crippen molar-refractivity contribution in [2.24, 2.45) is 0 Å². The van der Waals surface area contributed by atoms with Gasteiger partial charge in [0.2, 0.25) is 5.91 Å². The van der Waals surface area contributed by atoms with Gasteiger partial charge >= 0.3 is 0 Å². The number of thioether (sulfide) groups is 1. The van der Waals surface area contributed by atoms with E-state index in [1.165, 1.54) is 12.1 Å². The number of aromatic nitrogens is 1. The van der Waals surface area contributed by atoms with Crippen LogP contribution in [0.3, 0.4) is 0 Å². The Labute approximate surface area is 162 Å². The molecule has 1 amide bonds. The molecule has 0 radical (unpaired) electrons. The van der Waals surface area contributed by atoms with Gasteiger partial charge in [0.1, 0.15) is 5.82 Å². The first-order chi connectivity index (χ1) is 12.6. The predicted molar refractivity (Wildman–Crippen MR) is 104 cm³/mol. The Morgan fingerprint density at radius 3 is 2.69 bits per heavy atom. The molecule has 138 valence electrons. The van der Waals surface area contributed by atoms with E-state index in [0.29, 0.717) is 30.4 Å². The lowest BCUT2D eigenvalue weighted by Gasteiger charge is -2.34. The fourth-order valence-corrected chi connectivity index (χ4v) is 3.93. The third-order valence-corrected chi connectivity index (χ3v) is 5.64. The lowest BCUT2D eigenvalue weighted by atomic mass is 10.2. The van der Waals surface area contributed by atoms with Crippen molar-refractivity contribution in [2.75, 3.05) is 31.9 Å². The van der Waals surface area contributed by atoms with E-state index >= 15 is 0 Å². The van der Waals surface area contributed by atoms with Crippen LogP contribution >= 0.6 is 23.4 Å². The smallest absolute Gasteiger partial charge is 0.232 e. The molecule has 1 saturated heterocycles. The van der Waals surface area contributed by atoms with Gasteiger partial charge in [-0.3, -0.25) is 14.7 Å². The third kappa shape index (κ3) is 5.43. The van der Waals surface area contributed by atoms with E-state index in [0.717, 1.165) is 30.1 Å². The molecule has 3 rings (SSSR count). The molecule has 0 unspecified atom stereocenters. The third-order valence-electron chi connectivity index (χ3n) is 4.34. The number of benzene rings is 1. The number of amides is 1. The summed E-state index contributed by atoms with van der Waals surface area (Å²) < 4.78 is 13.1. The van der Waals surface area contributed by atoms with Crippen molar-refractivity contribution in [3.63, 3.8) is 0 Å². The normalized spacial score (nSPS) is 15.2. The quantitative estimate of drug-likeness (QED) is 0.753. The summed E-state index contributed by atoms with van der Waals surface area (Å²) in [5.41, 5.74) is 1.91. The van der Waals surface area contributed by atoms with Gasteiger partial charge in [-0.05, 0) is 29.8 Å². The molecule has 2 heterocycles. The molecule has 26 heavy (non-hydrogen) atoms. The fourth-order valence-electron chi connectivity index (χ4n) is 2.86. The predicted octanol–water partition coefficient (Wildman–Crippen LogP) is 3.45. The van der Waals surface area contributed by atoms with Gasteiger partial charge in [0.25, 0.3) is 0 Å². The zero-order chi connectivity index (χ0) is 18.4. The van der Waals surface area contributed by atoms with Crippen LogP contribution in [0.4, 0.5) is 4.39 Å². The van der Waals surface area contributed by atoms with Crippen LogP contribution in [0.2, 0.25) is 5.02 Å². The van der Waals surface area contributed by atoms with Gasteiger partial charge in [0, 0.05) is 49.7 Å². The molecule has 0 saturated carbocycles. The zero-order valence-corrected chi connectivity index (χ0v) is 16.0. The molecule has 1 aromatic heterocycles. The molecule has 1 aromatic carbocycles. The van der Waals surface area contributed by atoms with Gasteiger partial charge < -0.3 is 4.90 Å². The largest absolute Gasteiger partial charge is 0.339 e. The highest BCUT2D eigenvalue weighted by molar-refractivity contribution is 7.99. The van der Waals surface area contributed by atoms with Gasteiger partial charge in [-0.2, -0.15) is 0 Å². The highest BCUT2D eigenvalue weighted by Gasteiger charge is 2.21. The molecule has 7 heteroatoms. The van der Waals surface area contributed by atoms with Crippen molar-refractivity contribution in [2.45, 2.75) is 12.3 Å². The molecular formula is C19H21ClFN3OS. The van der Waals surface area contributed by atoms with Crippen molar-refractivity contribution in [1.82, 2.24) is 14.8 Å². The van der Waals surface area contributed by atoms with Gasteiger partial charge in [0.15, 0.2) is 0 Å². The summed E-state index contributed by atoms with van der Waals surface area (Å²) in [7, 11) is 0. The van der Waals surface area contributed by atoms with E-state index in [1.54, 1.807) is 24.0 Å². The van der Waals surface area contributed by atoms with Crippen molar-refractivity contribution in [3.05, 3.63) is 64.7 Å². The van der Waals surface area contributed by atoms with Gasteiger partial charge in [-0.15, -0.1) is 11.8 Å². The van der Waals surface area contributed by atoms with Crippen LogP contribution in [-0.4, -0.2) is 52.6 Å². The number of piperazine rings is 1. The summed E-state index contributed by atoms with van der Waals surface area (Å²) in [5.74, 6) is 1.07. The van der Waals surface area contributed by atoms with E-state index in [4.69, 9.17) is 11.6 Å². The summed E-state index contributed by atoms with van der Waals surface area (Å²) in [5, 5.41) is 0.453. The summed E-state index contributed by atoms with van der Waals surface area (Å²) >= 11 is 7.69. The molecule has 0 spiro atoms. The van der Waals surface area contributed by atoms with Gasteiger partial charge in [0.05, 0.1) is 11.4 Å². The highest BCUT2D eigenvalue weighted by Crippen LogP contribution is 2.20. The molecule has 1 aliphatic heterocycles.